The lowest BCUT2D eigenvalue weighted by Gasteiger charge is -2.29. The molecule has 0 radical (unpaired) electrons. The van der Waals surface area contributed by atoms with Crippen LogP contribution in [0.4, 0.5) is 4.79 Å². The fourth-order valence-corrected chi connectivity index (χ4v) is 9.37. The number of hydrogen-bond acceptors (Lipinski definition) is 9. The van der Waals surface area contributed by atoms with E-state index < -0.39 is 68.7 Å². The van der Waals surface area contributed by atoms with Crippen molar-refractivity contribution >= 4 is 44.7 Å². The maximum Gasteiger partial charge on any atom is 0.407 e. The zero-order valence-electron chi connectivity index (χ0n) is 32.5. The molecule has 2 aliphatic heterocycles. The zero-order chi connectivity index (χ0) is 40.2. The number of cyclic esters (lactones) is 1. The number of fused-ring (bicyclic) bond motifs is 3. The van der Waals surface area contributed by atoms with Gasteiger partial charge in [0.25, 0.3) is 5.91 Å². The third kappa shape index (κ3) is 9.27. The van der Waals surface area contributed by atoms with Gasteiger partial charge in [0.15, 0.2) is 0 Å². The van der Waals surface area contributed by atoms with E-state index in [4.69, 9.17) is 14.5 Å². The van der Waals surface area contributed by atoms with Gasteiger partial charge in [-0.05, 0) is 62.6 Å². The Bertz CT molecular complexity index is 2110. The first kappa shape index (κ1) is 40.2. The summed E-state index contributed by atoms with van der Waals surface area (Å²) in [5, 5.41) is 5.80. The van der Waals surface area contributed by atoms with E-state index >= 15 is 0 Å². The van der Waals surface area contributed by atoms with E-state index in [0.29, 0.717) is 43.5 Å². The van der Waals surface area contributed by atoms with E-state index in [1.165, 1.54) is 11.0 Å². The summed E-state index contributed by atoms with van der Waals surface area (Å²) in [6.07, 6.45) is 8.54. The average Bonchev–Trinajstić information content (AvgIpc) is 4.14. The topological polar surface area (TPSA) is 173 Å². The number of nitrogens with one attached hydrogen (secondary N) is 3. The summed E-state index contributed by atoms with van der Waals surface area (Å²) in [6, 6.07) is 15.8. The van der Waals surface area contributed by atoms with Crippen LogP contribution in [-0.4, -0.2) is 84.2 Å². The molecule has 0 spiro atoms. The molecule has 4 bridgehead atoms. The maximum atomic E-state index is 14.6. The average molecular weight is 800 g/mol. The van der Waals surface area contributed by atoms with Crippen LogP contribution in [0.2, 0.25) is 0 Å². The molecule has 4 aliphatic rings. The fraction of sp³-hybridized carbons (Fsp3) is 0.512. The Labute approximate surface area is 334 Å². The van der Waals surface area contributed by atoms with Gasteiger partial charge < -0.3 is 25.0 Å². The van der Waals surface area contributed by atoms with Crippen molar-refractivity contribution in [3.8, 4) is 17.0 Å². The van der Waals surface area contributed by atoms with Crippen LogP contribution in [0.15, 0.2) is 67.3 Å². The number of ether oxygens (including phenoxy) is 2. The minimum absolute atomic E-state index is 0.0145. The Morgan fingerprint density at radius 1 is 1.05 bits per heavy atom. The largest absolute Gasteiger partial charge is 0.488 e. The second-order valence-corrected chi connectivity index (χ2v) is 17.8. The van der Waals surface area contributed by atoms with Gasteiger partial charge in [0, 0.05) is 29.4 Å². The standard InChI is InChI=1S/C43H53N5O8S/c1-3-5-17-35-40(50)48-27-31(24-37(48)39(49)46-43(26-30(43)4-2)41(51)47-57(53,54)32-19-20-32)56-38-25-36(29-15-11-9-12-16-29)44-34-21-18-28(23-33(34)38)14-10-7-6-8-13-22-55-42(52)45-35/h4,9,11-12,15-16,18,21,23,25,30-32,35,37H,2-3,5-8,10,13-14,17,19-20,22,24,26-27H2,1H3,(H,45,52)(H,46,49)(H,47,51)/t30-,31-,35+,37+,43-/m1/s1. The SMILES string of the molecule is C=C[C@@H]1C[C@]1(NC(=O)[C@@H]1C[C@@H]2CN1C(=O)[C@H](CCCC)NC(=O)OCCCCCCCc1ccc3nc(-c4ccccc4)cc(c3c1)O2)C(=O)NS(=O)(=O)C1CC1. The second kappa shape index (κ2) is 17.3. The quantitative estimate of drug-likeness (QED) is 0.217. The van der Waals surface area contributed by atoms with Crippen molar-refractivity contribution < 1.29 is 37.1 Å². The minimum Gasteiger partial charge on any atom is -0.488 e. The number of carbonyl (C=O) groups excluding carboxylic acids is 4. The molecular formula is C43H53N5O8S. The number of nitrogens with zero attached hydrogens (tertiary/aromatic N) is 2. The summed E-state index contributed by atoms with van der Waals surface area (Å²) in [6.45, 7) is 6.03. The summed E-state index contributed by atoms with van der Waals surface area (Å²) in [4.78, 5) is 62.1. The summed E-state index contributed by atoms with van der Waals surface area (Å²) in [5.41, 5.74) is 1.97. The molecule has 2 aliphatic carbocycles. The van der Waals surface area contributed by atoms with Crippen molar-refractivity contribution in [1.29, 1.82) is 0 Å². The predicted octanol–water partition coefficient (Wildman–Crippen LogP) is 5.71. The molecule has 1 saturated heterocycles. The number of unbranched alkanes of at least 4 members (excludes halogenated alkanes) is 1. The van der Waals surface area contributed by atoms with Crippen LogP contribution in [0, 0.1) is 5.92 Å². The Balaban J connectivity index is 1.23. The molecule has 13 nitrogen and oxygen atoms in total. The van der Waals surface area contributed by atoms with Crippen LogP contribution in [0.25, 0.3) is 22.2 Å². The maximum absolute atomic E-state index is 14.6. The fourth-order valence-electron chi connectivity index (χ4n) is 8.00. The number of carbonyl (C=O) groups is 4. The van der Waals surface area contributed by atoms with Gasteiger partial charge in [0.2, 0.25) is 21.8 Å². The van der Waals surface area contributed by atoms with E-state index in [-0.39, 0.29) is 26.0 Å². The number of aromatic nitrogens is 1. The first-order valence-electron chi connectivity index (χ1n) is 20.4. The van der Waals surface area contributed by atoms with Crippen LogP contribution in [0.5, 0.6) is 5.75 Å². The highest BCUT2D eigenvalue weighted by Crippen LogP contribution is 2.45. The van der Waals surface area contributed by atoms with Crippen LogP contribution in [0.1, 0.15) is 89.5 Å². The van der Waals surface area contributed by atoms with Crippen LogP contribution in [0.3, 0.4) is 0 Å². The normalized spacial score (nSPS) is 25.8. The highest BCUT2D eigenvalue weighted by Gasteiger charge is 2.62. The van der Waals surface area contributed by atoms with Gasteiger partial charge in [-0.2, -0.15) is 0 Å². The lowest BCUT2D eigenvalue weighted by molar-refractivity contribution is -0.141. The second-order valence-electron chi connectivity index (χ2n) is 15.9. The smallest absolute Gasteiger partial charge is 0.407 e. The van der Waals surface area contributed by atoms with Crippen molar-refractivity contribution in [2.24, 2.45) is 5.92 Å². The summed E-state index contributed by atoms with van der Waals surface area (Å²) >= 11 is 0. The summed E-state index contributed by atoms with van der Waals surface area (Å²) in [5.74, 6) is -1.86. The van der Waals surface area contributed by atoms with Crippen LogP contribution < -0.4 is 20.1 Å². The molecule has 1 aromatic heterocycles. The third-order valence-corrected chi connectivity index (χ3v) is 13.4. The number of benzene rings is 2. The number of hydrogen-bond donors (Lipinski definition) is 3. The number of sulfonamides is 1. The molecule has 3 aromatic rings. The van der Waals surface area contributed by atoms with Crippen molar-refractivity contribution in [3.05, 3.63) is 72.8 Å². The number of aryl methyl sites for hydroxylation is 1. The monoisotopic (exact) mass is 799 g/mol. The molecule has 0 unspecified atom stereocenters. The summed E-state index contributed by atoms with van der Waals surface area (Å²) in [7, 11) is -3.90. The number of rotatable bonds is 10. The predicted molar refractivity (Wildman–Crippen MR) is 216 cm³/mol. The van der Waals surface area contributed by atoms with Gasteiger partial charge in [-0.1, -0.05) is 81.5 Å². The van der Waals surface area contributed by atoms with Crippen LogP contribution >= 0.6 is 0 Å². The molecule has 14 heteroatoms. The van der Waals surface area contributed by atoms with Crippen LogP contribution in [-0.2, 0) is 35.6 Å². The van der Waals surface area contributed by atoms with E-state index in [2.05, 4.69) is 34.1 Å². The molecule has 3 heterocycles. The number of alkyl carbamates (subject to hydrolysis) is 1. The number of pyridine rings is 1. The van der Waals surface area contributed by atoms with E-state index in [1.807, 2.05) is 49.4 Å². The molecule has 3 fully saturated rings. The van der Waals surface area contributed by atoms with Gasteiger partial charge in [-0.3, -0.25) is 19.1 Å². The van der Waals surface area contributed by atoms with Crippen molar-refractivity contribution in [1.82, 2.24) is 25.2 Å². The van der Waals surface area contributed by atoms with Gasteiger partial charge in [0.05, 0.1) is 29.6 Å². The van der Waals surface area contributed by atoms with Crippen molar-refractivity contribution in [3.63, 3.8) is 0 Å². The van der Waals surface area contributed by atoms with Gasteiger partial charge >= 0.3 is 6.09 Å². The Morgan fingerprint density at radius 2 is 1.82 bits per heavy atom. The molecule has 4 amide bonds. The molecule has 2 saturated carbocycles. The molecule has 5 atom stereocenters. The van der Waals surface area contributed by atoms with Gasteiger partial charge in [0.1, 0.15) is 29.5 Å². The molecule has 57 heavy (non-hydrogen) atoms. The van der Waals surface area contributed by atoms with E-state index in [0.717, 1.165) is 60.6 Å². The van der Waals surface area contributed by atoms with Crippen molar-refractivity contribution in [2.75, 3.05) is 13.2 Å². The zero-order valence-corrected chi connectivity index (χ0v) is 33.4. The number of amides is 4. The highest BCUT2D eigenvalue weighted by atomic mass is 32.2. The minimum atomic E-state index is -3.90. The molecule has 3 N–H and O–H groups in total. The lowest BCUT2D eigenvalue weighted by atomic mass is 10.0. The molecule has 7 rings (SSSR count). The first-order valence-corrected chi connectivity index (χ1v) is 22.0. The molecule has 304 valence electrons. The Morgan fingerprint density at radius 3 is 2.56 bits per heavy atom. The Hall–Kier alpha value is -4.98. The van der Waals surface area contributed by atoms with Crippen molar-refractivity contribution in [2.45, 2.75) is 119 Å². The molecular weight excluding hydrogens is 747 g/mol. The van der Waals surface area contributed by atoms with Gasteiger partial charge in [-0.15, -0.1) is 6.58 Å². The Kier molecular flexibility index (Phi) is 12.2. The first-order chi connectivity index (χ1) is 27.5. The lowest BCUT2D eigenvalue weighted by Crippen LogP contribution is -2.58. The third-order valence-electron chi connectivity index (χ3n) is 11.6. The molecule has 2 aromatic carbocycles. The van der Waals surface area contributed by atoms with Gasteiger partial charge in [-0.25, -0.2) is 18.2 Å². The van der Waals surface area contributed by atoms with E-state index in [9.17, 15) is 27.6 Å². The highest BCUT2D eigenvalue weighted by molar-refractivity contribution is 7.91. The van der Waals surface area contributed by atoms with E-state index in [1.54, 1.807) is 0 Å². The summed E-state index contributed by atoms with van der Waals surface area (Å²) < 4.78 is 40.1.